The molecule has 0 N–H and O–H groups in total. The Morgan fingerprint density at radius 1 is 0.864 bits per heavy atom. The van der Waals surface area contributed by atoms with E-state index in [4.69, 9.17) is 10.2 Å². The molecule has 0 aliphatic heterocycles. The molecule has 0 aliphatic rings. The molecule has 0 radical (unpaired) electrons. The van der Waals surface area contributed by atoms with Crippen LogP contribution in [0.4, 0.5) is 0 Å². The minimum absolute atomic E-state index is 0.369. The molecule has 0 unspecified atom stereocenters. The monoisotopic (exact) mass is 303 g/mol. The van der Waals surface area contributed by atoms with Gasteiger partial charge in [0.2, 0.25) is 0 Å². The van der Waals surface area contributed by atoms with Crippen LogP contribution in [-0.2, 0) is 0 Å². The number of thioether (sulfide) groups is 1. The molecule has 2 aromatic carbocycles. The fourth-order valence-electron chi connectivity index (χ4n) is 2.15. The van der Waals surface area contributed by atoms with Crippen molar-refractivity contribution >= 4 is 11.8 Å². The molecule has 0 aliphatic carbocycles. The molecule has 106 valence electrons. The second kappa shape index (κ2) is 6.88. The van der Waals surface area contributed by atoms with Gasteiger partial charge < -0.3 is 0 Å². The lowest BCUT2D eigenvalue weighted by Crippen LogP contribution is -1.95. The van der Waals surface area contributed by atoms with Crippen LogP contribution in [0.5, 0.6) is 0 Å². The second-order valence-corrected chi connectivity index (χ2v) is 5.58. The van der Waals surface area contributed by atoms with Crippen LogP contribution >= 0.6 is 11.8 Å². The Labute approximate surface area is 133 Å². The molecule has 0 spiro atoms. The van der Waals surface area contributed by atoms with Crippen LogP contribution in [0.25, 0.3) is 22.5 Å². The summed E-state index contributed by atoms with van der Waals surface area (Å²) in [5, 5.41) is 9.49. The van der Waals surface area contributed by atoms with Gasteiger partial charge in [0, 0.05) is 11.1 Å². The molecule has 3 aromatic rings. The Morgan fingerprint density at radius 3 is 2.05 bits per heavy atom. The van der Waals surface area contributed by atoms with E-state index in [2.05, 4.69) is 11.1 Å². The summed E-state index contributed by atoms with van der Waals surface area (Å²) in [7, 11) is 0. The standard InChI is InChI=1S/C18H13N3S/c19-11-12-22-16-13-20-17(14-7-3-1-4-8-14)18(21-16)15-9-5-2-6-10-15/h1-10,13H,12H2. The third kappa shape index (κ3) is 3.16. The third-order valence-corrected chi connectivity index (χ3v) is 3.90. The lowest BCUT2D eigenvalue weighted by Gasteiger charge is -2.09. The summed E-state index contributed by atoms with van der Waals surface area (Å²) in [5.74, 6) is 0.369. The van der Waals surface area contributed by atoms with Gasteiger partial charge in [-0.2, -0.15) is 5.26 Å². The molecule has 0 atom stereocenters. The number of hydrogen-bond acceptors (Lipinski definition) is 4. The first-order valence-corrected chi connectivity index (χ1v) is 7.84. The smallest absolute Gasteiger partial charge is 0.116 e. The minimum atomic E-state index is 0.369. The highest BCUT2D eigenvalue weighted by Gasteiger charge is 2.12. The van der Waals surface area contributed by atoms with Crippen molar-refractivity contribution in [2.45, 2.75) is 5.03 Å². The van der Waals surface area contributed by atoms with Crippen molar-refractivity contribution in [1.82, 2.24) is 9.97 Å². The average Bonchev–Trinajstić information content (AvgIpc) is 2.61. The predicted octanol–water partition coefficient (Wildman–Crippen LogP) is 4.43. The van der Waals surface area contributed by atoms with Gasteiger partial charge in [0.05, 0.1) is 29.4 Å². The SMILES string of the molecule is N#CCSc1cnc(-c2ccccc2)c(-c2ccccc2)n1. The summed E-state index contributed by atoms with van der Waals surface area (Å²) in [6.07, 6.45) is 1.73. The fourth-order valence-corrected chi connectivity index (χ4v) is 2.65. The van der Waals surface area contributed by atoms with E-state index in [9.17, 15) is 0 Å². The van der Waals surface area contributed by atoms with Crippen molar-refractivity contribution in [1.29, 1.82) is 5.26 Å². The van der Waals surface area contributed by atoms with E-state index < -0.39 is 0 Å². The summed E-state index contributed by atoms with van der Waals surface area (Å²) in [5.41, 5.74) is 3.75. The Hall–Kier alpha value is -2.64. The molecule has 3 nitrogen and oxygen atoms in total. The van der Waals surface area contributed by atoms with Gasteiger partial charge in [0.1, 0.15) is 5.03 Å². The first-order valence-electron chi connectivity index (χ1n) is 6.86. The summed E-state index contributed by atoms with van der Waals surface area (Å²) < 4.78 is 0. The van der Waals surface area contributed by atoms with Crippen molar-refractivity contribution in [3.05, 3.63) is 66.9 Å². The van der Waals surface area contributed by atoms with Gasteiger partial charge >= 0.3 is 0 Å². The van der Waals surface area contributed by atoms with Crippen LogP contribution in [0.1, 0.15) is 0 Å². The lowest BCUT2D eigenvalue weighted by atomic mass is 10.0. The van der Waals surface area contributed by atoms with E-state index in [-0.39, 0.29) is 0 Å². The normalized spacial score (nSPS) is 10.1. The Balaban J connectivity index is 2.12. The molecule has 0 bridgehead atoms. The molecule has 0 saturated heterocycles. The lowest BCUT2D eigenvalue weighted by molar-refractivity contribution is 1.07. The van der Waals surface area contributed by atoms with Crippen molar-refractivity contribution < 1.29 is 0 Å². The van der Waals surface area contributed by atoms with Crippen LogP contribution in [0.15, 0.2) is 71.9 Å². The molecule has 0 amide bonds. The zero-order valence-electron chi connectivity index (χ0n) is 11.8. The molecule has 0 fully saturated rings. The van der Waals surface area contributed by atoms with Gasteiger partial charge in [-0.1, -0.05) is 72.4 Å². The zero-order valence-corrected chi connectivity index (χ0v) is 12.6. The number of nitriles is 1. The maximum Gasteiger partial charge on any atom is 0.116 e. The van der Waals surface area contributed by atoms with Crippen LogP contribution in [0.3, 0.4) is 0 Å². The van der Waals surface area contributed by atoms with Crippen LogP contribution in [0.2, 0.25) is 0 Å². The van der Waals surface area contributed by atoms with Gasteiger partial charge in [-0.05, 0) is 0 Å². The second-order valence-electron chi connectivity index (χ2n) is 4.58. The maximum atomic E-state index is 8.73. The molecule has 1 aromatic heterocycles. The number of aromatic nitrogens is 2. The third-order valence-electron chi connectivity index (χ3n) is 3.13. The highest BCUT2D eigenvalue weighted by molar-refractivity contribution is 7.99. The van der Waals surface area contributed by atoms with E-state index in [1.165, 1.54) is 11.8 Å². The van der Waals surface area contributed by atoms with E-state index >= 15 is 0 Å². The van der Waals surface area contributed by atoms with Crippen LogP contribution in [-0.4, -0.2) is 15.7 Å². The zero-order chi connectivity index (χ0) is 15.2. The minimum Gasteiger partial charge on any atom is -0.251 e. The van der Waals surface area contributed by atoms with Crippen molar-refractivity contribution in [3.63, 3.8) is 0 Å². The van der Waals surface area contributed by atoms with E-state index in [0.717, 1.165) is 27.5 Å². The molecular weight excluding hydrogens is 290 g/mol. The predicted molar refractivity (Wildman–Crippen MR) is 89.2 cm³/mol. The van der Waals surface area contributed by atoms with Crippen LogP contribution in [0, 0.1) is 11.3 Å². The molecule has 3 rings (SSSR count). The molecule has 4 heteroatoms. The average molecular weight is 303 g/mol. The number of rotatable bonds is 4. The Morgan fingerprint density at radius 2 is 1.45 bits per heavy atom. The quantitative estimate of drug-likeness (QED) is 0.669. The van der Waals surface area contributed by atoms with E-state index in [1.54, 1.807) is 6.20 Å². The van der Waals surface area contributed by atoms with Gasteiger partial charge in [0.25, 0.3) is 0 Å². The fraction of sp³-hybridized carbons (Fsp3) is 0.0556. The molecule has 1 heterocycles. The van der Waals surface area contributed by atoms with Gasteiger partial charge in [-0.15, -0.1) is 0 Å². The Bertz CT molecular complexity index is 796. The largest absolute Gasteiger partial charge is 0.251 e. The first-order chi connectivity index (χ1) is 10.9. The summed E-state index contributed by atoms with van der Waals surface area (Å²) in [6.45, 7) is 0. The number of hydrogen-bond donors (Lipinski definition) is 0. The topological polar surface area (TPSA) is 49.6 Å². The van der Waals surface area contributed by atoms with Gasteiger partial charge in [-0.25, -0.2) is 4.98 Å². The highest BCUT2D eigenvalue weighted by Crippen LogP contribution is 2.30. The summed E-state index contributed by atoms with van der Waals surface area (Å²) in [6, 6.07) is 22.1. The molecule has 0 saturated carbocycles. The van der Waals surface area contributed by atoms with Crippen molar-refractivity contribution in [3.8, 4) is 28.6 Å². The van der Waals surface area contributed by atoms with E-state index in [0.29, 0.717) is 5.75 Å². The van der Waals surface area contributed by atoms with Crippen molar-refractivity contribution in [2.24, 2.45) is 0 Å². The highest BCUT2D eigenvalue weighted by atomic mass is 32.2. The first kappa shape index (κ1) is 14.3. The maximum absolute atomic E-state index is 8.73. The van der Waals surface area contributed by atoms with Crippen LogP contribution < -0.4 is 0 Å². The molecular formula is C18H13N3S. The summed E-state index contributed by atoms with van der Waals surface area (Å²) >= 11 is 1.40. The number of benzene rings is 2. The van der Waals surface area contributed by atoms with E-state index in [1.807, 2.05) is 60.7 Å². The van der Waals surface area contributed by atoms with Gasteiger partial charge in [0.15, 0.2) is 0 Å². The van der Waals surface area contributed by atoms with Gasteiger partial charge in [-0.3, -0.25) is 4.98 Å². The van der Waals surface area contributed by atoms with Crippen molar-refractivity contribution in [2.75, 3.05) is 5.75 Å². The summed E-state index contributed by atoms with van der Waals surface area (Å²) in [4.78, 5) is 9.29. The molecule has 22 heavy (non-hydrogen) atoms. The Kier molecular flexibility index (Phi) is 4.47. The number of nitrogens with zero attached hydrogens (tertiary/aromatic N) is 3.